The Kier molecular flexibility index (Phi) is 9.15. The second-order valence-corrected chi connectivity index (χ2v) is 9.44. The summed E-state index contributed by atoms with van der Waals surface area (Å²) in [4.78, 5) is 15.7. The van der Waals surface area contributed by atoms with Crippen LogP contribution in [0.15, 0.2) is 78.9 Å². The Balaban J connectivity index is 0.00000342. The highest BCUT2D eigenvalue weighted by atomic mass is 35.5. The van der Waals surface area contributed by atoms with Gasteiger partial charge in [-0.15, -0.1) is 12.4 Å². The predicted octanol–water partition coefficient (Wildman–Crippen LogP) is 7.67. The Hall–Kier alpha value is -2.63. The van der Waals surface area contributed by atoms with Crippen molar-refractivity contribution in [3.63, 3.8) is 0 Å². The van der Waals surface area contributed by atoms with Crippen LogP contribution in [0.1, 0.15) is 35.5 Å². The molecule has 3 aromatic carbocycles. The van der Waals surface area contributed by atoms with Crippen molar-refractivity contribution < 1.29 is 4.79 Å². The molecule has 0 aliphatic carbocycles. The first kappa shape index (κ1) is 27.0. The minimum atomic E-state index is -0.0249. The molecular formula is C28H28Cl3N3O. The molecule has 0 aliphatic rings. The Bertz CT molecular complexity index is 1280. The molecule has 4 aromatic rings. The van der Waals surface area contributed by atoms with E-state index in [9.17, 15) is 4.79 Å². The molecule has 0 atom stereocenters. The molecule has 0 radical (unpaired) electrons. The monoisotopic (exact) mass is 527 g/mol. The molecule has 182 valence electrons. The van der Waals surface area contributed by atoms with E-state index in [0.29, 0.717) is 22.3 Å². The van der Waals surface area contributed by atoms with Gasteiger partial charge in [0.05, 0.1) is 22.9 Å². The van der Waals surface area contributed by atoms with E-state index in [1.54, 1.807) is 4.68 Å². The molecule has 0 amide bonds. The quantitative estimate of drug-likeness (QED) is 0.220. The van der Waals surface area contributed by atoms with Gasteiger partial charge < -0.3 is 0 Å². The third-order valence-electron chi connectivity index (χ3n) is 5.89. The summed E-state index contributed by atoms with van der Waals surface area (Å²) < 4.78 is 1.77. The van der Waals surface area contributed by atoms with Crippen molar-refractivity contribution in [2.45, 2.75) is 33.4 Å². The van der Waals surface area contributed by atoms with Crippen molar-refractivity contribution in [2.75, 3.05) is 6.54 Å². The summed E-state index contributed by atoms with van der Waals surface area (Å²) >= 11 is 12.7. The fourth-order valence-corrected chi connectivity index (χ4v) is 4.35. The number of halogens is 3. The van der Waals surface area contributed by atoms with Gasteiger partial charge in [-0.25, -0.2) is 4.68 Å². The second-order valence-electron chi connectivity index (χ2n) is 8.60. The van der Waals surface area contributed by atoms with Crippen molar-refractivity contribution in [1.82, 2.24) is 14.7 Å². The number of Topliss-reactive ketones (excluding diaryl/α,β-unsaturated/α-hetero) is 1. The average Bonchev–Trinajstić information content (AvgIpc) is 3.17. The Labute approximate surface area is 222 Å². The second kappa shape index (κ2) is 11.9. The van der Waals surface area contributed by atoms with Crippen molar-refractivity contribution >= 4 is 41.4 Å². The van der Waals surface area contributed by atoms with E-state index in [1.807, 2.05) is 73.7 Å². The number of hydrogen-bond donors (Lipinski definition) is 0. The van der Waals surface area contributed by atoms with Gasteiger partial charge in [0.2, 0.25) is 0 Å². The van der Waals surface area contributed by atoms with Crippen LogP contribution >= 0.6 is 35.6 Å². The van der Waals surface area contributed by atoms with Crippen LogP contribution in [0, 0.1) is 6.92 Å². The van der Waals surface area contributed by atoms with Gasteiger partial charge >= 0.3 is 0 Å². The lowest BCUT2D eigenvalue weighted by molar-refractivity contribution is 0.0892. The molecule has 7 heteroatoms. The van der Waals surface area contributed by atoms with Gasteiger partial charge in [-0.1, -0.05) is 77.8 Å². The molecule has 35 heavy (non-hydrogen) atoms. The van der Waals surface area contributed by atoms with Crippen LogP contribution in [0.3, 0.4) is 0 Å². The highest BCUT2D eigenvalue weighted by Gasteiger charge is 2.25. The molecule has 1 heterocycles. The number of para-hydroxylation sites is 1. The van der Waals surface area contributed by atoms with E-state index in [0.717, 1.165) is 22.5 Å². The lowest BCUT2D eigenvalue weighted by atomic mass is 10.0. The third-order valence-corrected chi connectivity index (χ3v) is 6.46. The van der Waals surface area contributed by atoms with Crippen LogP contribution in [0.4, 0.5) is 0 Å². The topological polar surface area (TPSA) is 38.1 Å². The largest absolute Gasteiger partial charge is 0.291 e. The fourth-order valence-electron chi connectivity index (χ4n) is 4.00. The number of nitrogens with zero attached hydrogens (tertiary/aromatic N) is 3. The summed E-state index contributed by atoms with van der Waals surface area (Å²) in [7, 11) is 0. The maximum absolute atomic E-state index is 13.6. The molecule has 0 aliphatic heterocycles. The number of carbonyl (C=O) groups is 1. The molecule has 0 bridgehead atoms. The number of aromatic nitrogens is 2. The first-order valence-electron chi connectivity index (χ1n) is 11.3. The molecular weight excluding hydrogens is 501 g/mol. The summed E-state index contributed by atoms with van der Waals surface area (Å²) in [6.45, 7) is 7.11. The van der Waals surface area contributed by atoms with E-state index < -0.39 is 0 Å². The number of carbonyl (C=O) groups excluding carboxylic acids is 1. The van der Waals surface area contributed by atoms with Crippen LogP contribution < -0.4 is 0 Å². The molecule has 0 N–H and O–H groups in total. The van der Waals surface area contributed by atoms with Crippen LogP contribution in [0.2, 0.25) is 10.0 Å². The molecule has 0 spiro atoms. The smallest absolute Gasteiger partial charge is 0.197 e. The van der Waals surface area contributed by atoms with Gasteiger partial charge in [-0.3, -0.25) is 9.69 Å². The fraction of sp³-hybridized carbons (Fsp3) is 0.214. The number of ketones is 1. The predicted molar refractivity (Wildman–Crippen MR) is 147 cm³/mol. The maximum atomic E-state index is 13.6. The summed E-state index contributed by atoms with van der Waals surface area (Å²) in [6.07, 6.45) is 0. The van der Waals surface area contributed by atoms with Crippen LogP contribution in [0.5, 0.6) is 0 Å². The lowest BCUT2D eigenvalue weighted by Crippen LogP contribution is -2.35. The van der Waals surface area contributed by atoms with Gasteiger partial charge in [0.15, 0.2) is 5.78 Å². The first-order valence-corrected chi connectivity index (χ1v) is 12.0. The molecule has 0 unspecified atom stereocenters. The van der Waals surface area contributed by atoms with Crippen molar-refractivity contribution in [2.24, 2.45) is 0 Å². The van der Waals surface area contributed by atoms with Gasteiger partial charge in [0.25, 0.3) is 0 Å². The van der Waals surface area contributed by atoms with Crippen LogP contribution in [-0.4, -0.2) is 33.1 Å². The first-order chi connectivity index (χ1) is 16.3. The highest BCUT2D eigenvalue weighted by molar-refractivity contribution is 6.32. The zero-order valence-electron chi connectivity index (χ0n) is 19.9. The van der Waals surface area contributed by atoms with E-state index in [-0.39, 0.29) is 30.8 Å². The lowest BCUT2D eigenvalue weighted by Gasteiger charge is -2.25. The van der Waals surface area contributed by atoms with Crippen molar-refractivity contribution in [3.8, 4) is 16.9 Å². The molecule has 0 fully saturated rings. The maximum Gasteiger partial charge on any atom is 0.197 e. The Morgan fingerprint density at radius 2 is 1.57 bits per heavy atom. The minimum absolute atomic E-state index is 0. The zero-order chi connectivity index (χ0) is 24.2. The molecule has 4 nitrogen and oxygen atoms in total. The van der Waals surface area contributed by atoms with E-state index in [1.165, 1.54) is 5.56 Å². The highest BCUT2D eigenvalue weighted by Crippen LogP contribution is 2.32. The average molecular weight is 529 g/mol. The number of benzene rings is 3. The van der Waals surface area contributed by atoms with Crippen LogP contribution in [0.25, 0.3) is 16.9 Å². The summed E-state index contributed by atoms with van der Waals surface area (Å²) in [5, 5.41) is 5.99. The third kappa shape index (κ3) is 6.14. The van der Waals surface area contributed by atoms with Gasteiger partial charge in [0.1, 0.15) is 5.69 Å². The summed E-state index contributed by atoms with van der Waals surface area (Å²) in [5.74, 6) is -0.0249. The zero-order valence-corrected chi connectivity index (χ0v) is 22.2. The van der Waals surface area contributed by atoms with Gasteiger partial charge in [-0.2, -0.15) is 5.10 Å². The Morgan fingerprint density at radius 3 is 2.20 bits per heavy atom. The molecule has 0 saturated carbocycles. The van der Waals surface area contributed by atoms with Gasteiger partial charge in [-0.05, 0) is 50.6 Å². The van der Waals surface area contributed by atoms with Crippen LogP contribution in [-0.2, 0) is 6.54 Å². The van der Waals surface area contributed by atoms with Crippen molar-refractivity contribution in [1.29, 1.82) is 0 Å². The van der Waals surface area contributed by atoms with Crippen molar-refractivity contribution in [3.05, 3.63) is 106 Å². The molecule has 1 aromatic heterocycles. The number of rotatable bonds is 8. The summed E-state index contributed by atoms with van der Waals surface area (Å²) in [5.41, 5.74) is 4.90. The minimum Gasteiger partial charge on any atom is -0.291 e. The summed E-state index contributed by atoms with van der Waals surface area (Å²) in [6, 6.07) is 25.4. The van der Waals surface area contributed by atoms with Gasteiger partial charge in [0, 0.05) is 28.7 Å². The Morgan fingerprint density at radius 1 is 0.943 bits per heavy atom. The number of hydrogen-bond acceptors (Lipinski definition) is 3. The molecule has 0 saturated heterocycles. The SMILES string of the molecule is Cc1c(C(=O)CN(Cc2ccccc2)C(C)C)nn(-c2ccccc2Cl)c1-c1ccc(Cl)cc1.Cl. The normalized spacial score (nSPS) is 11.1. The standard InChI is InChI=1S/C28H27Cl2N3O.ClH/c1-19(2)32(17-21-9-5-4-6-10-21)18-26(34)27-20(3)28(22-13-15-23(29)16-14-22)33(31-27)25-12-8-7-11-24(25)30;/h4-16,19H,17-18H2,1-3H3;1H. The van der Waals surface area contributed by atoms with E-state index in [2.05, 4.69) is 30.9 Å². The van der Waals surface area contributed by atoms with E-state index in [4.69, 9.17) is 28.3 Å². The van der Waals surface area contributed by atoms with E-state index >= 15 is 0 Å². The molecule has 4 rings (SSSR count).